The van der Waals surface area contributed by atoms with Crippen LogP contribution in [0.15, 0.2) is 0 Å². The Bertz CT molecular complexity index is 181. The summed E-state index contributed by atoms with van der Waals surface area (Å²) < 4.78 is 28.5. The third-order valence-electron chi connectivity index (χ3n) is 2.93. The molecular weight excluding hydrogens is 202 g/mol. The van der Waals surface area contributed by atoms with Crippen LogP contribution in [0.4, 0.5) is 8.78 Å². The summed E-state index contributed by atoms with van der Waals surface area (Å²) in [6.07, 6.45) is -2.36. The predicted molar refractivity (Wildman–Crippen MR) is 55.3 cm³/mol. The SMILES string of the molecule is CC1NCCN(CCOCC(F)F)C1C. The molecule has 0 amide bonds. The number of alkyl halides is 2. The molecular formula is C10H20F2N2O. The van der Waals surface area contributed by atoms with Crippen LogP contribution in [0, 0.1) is 0 Å². The van der Waals surface area contributed by atoms with Gasteiger partial charge in [0, 0.05) is 31.7 Å². The summed E-state index contributed by atoms with van der Waals surface area (Å²) in [6.45, 7) is 6.88. The van der Waals surface area contributed by atoms with Gasteiger partial charge in [-0.2, -0.15) is 0 Å². The molecule has 1 heterocycles. The Hall–Kier alpha value is -0.260. The van der Waals surface area contributed by atoms with Crippen molar-refractivity contribution in [2.75, 3.05) is 32.8 Å². The highest BCUT2D eigenvalue weighted by molar-refractivity contribution is 4.83. The zero-order valence-electron chi connectivity index (χ0n) is 9.38. The fourth-order valence-corrected chi connectivity index (χ4v) is 1.80. The van der Waals surface area contributed by atoms with Crippen molar-refractivity contribution in [1.29, 1.82) is 0 Å². The lowest BCUT2D eigenvalue weighted by atomic mass is 10.1. The van der Waals surface area contributed by atoms with Gasteiger partial charge in [0.2, 0.25) is 0 Å². The molecule has 3 nitrogen and oxygen atoms in total. The van der Waals surface area contributed by atoms with Crippen LogP contribution in [0.5, 0.6) is 0 Å². The van der Waals surface area contributed by atoms with E-state index in [1.807, 2.05) is 0 Å². The Morgan fingerprint density at radius 3 is 2.87 bits per heavy atom. The smallest absolute Gasteiger partial charge is 0.261 e. The molecule has 2 atom stereocenters. The minimum Gasteiger partial charge on any atom is -0.374 e. The van der Waals surface area contributed by atoms with Crippen molar-refractivity contribution in [2.24, 2.45) is 0 Å². The van der Waals surface area contributed by atoms with E-state index in [-0.39, 0.29) is 0 Å². The molecule has 0 aromatic heterocycles. The Labute approximate surface area is 89.8 Å². The van der Waals surface area contributed by atoms with Gasteiger partial charge in [0.05, 0.1) is 6.61 Å². The number of nitrogens with one attached hydrogen (secondary N) is 1. The average molecular weight is 222 g/mol. The second kappa shape index (κ2) is 6.35. The number of rotatable bonds is 5. The molecule has 0 bridgehead atoms. The first kappa shape index (κ1) is 12.8. The van der Waals surface area contributed by atoms with Crippen LogP contribution in [0.2, 0.25) is 0 Å². The number of nitrogens with zero attached hydrogens (tertiary/aromatic N) is 1. The molecule has 1 rings (SSSR count). The van der Waals surface area contributed by atoms with E-state index >= 15 is 0 Å². The molecule has 0 aromatic rings. The summed E-state index contributed by atoms with van der Waals surface area (Å²) in [5, 5.41) is 3.37. The van der Waals surface area contributed by atoms with Crippen molar-refractivity contribution in [2.45, 2.75) is 32.4 Å². The van der Waals surface area contributed by atoms with E-state index in [1.165, 1.54) is 0 Å². The van der Waals surface area contributed by atoms with Crippen LogP contribution in [-0.4, -0.2) is 56.3 Å². The average Bonchev–Trinajstić information content (AvgIpc) is 2.18. The van der Waals surface area contributed by atoms with Gasteiger partial charge in [-0.3, -0.25) is 4.90 Å². The molecule has 2 unspecified atom stereocenters. The van der Waals surface area contributed by atoms with Crippen LogP contribution < -0.4 is 5.32 Å². The normalized spacial score (nSPS) is 28.6. The Balaban J connectivity index is 2.14. The standard InChI is InChI=1S/C10H20F2N2O/c1-8-9(2)14(4-3-13-8)5-6-15-7-10(11)12/h8-10,13H,3-7H2,1-2H3. The molecule has 5 heteroatoms. The van der Waals surface area contributed by atoms with E-state index in [4.69, 9.17) is 4.74 Å². The van der Waals surface area contributed by atoms with Crippen LogP contribution in [0.3, 0.4) is 0 Å². The zero-order valence-corrected chi connectivity index (χ0v) is 9.38. The summed E-state index contributed by atoms with van der Waals surface area (Å²) in [7, 11) is 0. The second-order valence-corrected chi connectivity index (χ2v) is 3.99. The van der Waals surface area contributed by atoms with Gasteiger partial charge in [-0.05, 0) is 13.8 Å². The lowest BCUT2D eigenvalue weighted by molar-refractivity contribution is 0.00237. The minimum absolute atomic E-state index is 0.390. The molecule has 90 valence electrons. The van der Waals surface area contributed by atoms with E-state index in [2.05, 4.69) is 24.1 Å². The highest BCUT2D eigenvalue weighted by Gasteiger charge is 2.23. The monoisotopic (exact) mass is 222 g/mol. The largest absolute Gasteiger partial charge is 0.374 e. The summed E-state index contributed by atoms with van der Waals surface area (Å²) in [5.74, 6) is 0. The van der Waals surface area contributed by atoms with Crippen LogP contribution >= 0.6 is 0 Å². The zero-order chi connectivity index (χ0) is 11.3. The number of piperazine rings is 1. The molecule has 0 aromatic carbocycles. The highest BCUT2D eigenvalue weighted by atomic mass is 19.3. The van der Waals surface area contributed by atoms with Gasteiger partial charge in [-0.1, -0.05) is 0 Å². The maximum atomic E-state index is 11.8. The van der Waals surface area contributed by atoms with E-state index in [9.17, 15) is 8.78 Å². The van der Waals surface area contributed by atoms with Gasteiger partial charge >= 0.3 is 0 Å². The fourth-order valence-electron chi connectivity index (χ4n) is 1.80. The molecule has 0 spiro atoms. The topological polar surface area (TPSA) is 24.5 Å². The van der Waals surface area contributed by atoms with Crippen molar-refractivity contribution in [3.63, 3.8) is 0 Å². The van der Waals surface area contributed by atoms with E-state index < -0.39 is 13.0 Å². The Morgan fingerprint density at radius 2 is 2.20 bits per heavy atom. The fraction of sp³-hybridized carbons (Fsp3) is 1.00. The summed E-state index contributed by atoms with van der Waals surface area (Å²) in [5.41, 5.74) is 0. The summed E-state index contributed by atoms with van der Waals surface area (Å²) in [4.78, 5) is 2.27. The van der Waals surface area contributed by atoms with Crippen molar-refractivity contribution in [1.82, 2.24) is 10.2 Å². The van der Waals surface area contributed by atoms with Crippen LogP contribution in [0.25, 0.3) is 0 Å². The molecule has 0 aliphatic carbocycles. The van der Waals surface area contributed by atoms with E-state index in [1.54, 1.807) is 0 Å². The quantitative estimate of drug-likeness (QED) is 0.701. The van der Waals surface area contributed by atoms with Gasteiger partial charge in [-0.25, -0.2) is 8.78 Å². The summed E-state index contributed by atoms with van der Waals surface area (Å²) in [6, 6.07) is 0.891. The molecule has 1 aliphatic rings. The first-order valence-electron chi connectivity index (χ1n) is 5.44. The van der Waals surface area contributed by atoms with Crippen molar-refractivity contribution in [3.8, 4) is 0 Å². The molecule has 0 radical (unpaired) electrons. The molecule has 1 fully saturated rings. The first-order chi connectivity index (χ1) is 7.11. The van der Waals surface area contributed by atoms with Gasteiger partial charge in [0.1, 0.15) is 6.61 Å². The van der Waals surface area contributed by atoms with E-state index in [0.29, 0.717) is 18.7 Å². The van der Waals surface area contributed by atoms with Gasteiger partial charge in [0.25, 0.3) is 6.43 Å². The van der Waals surface area contributed by atoms with Crippen LogP contribution in [-0.2, 0) is 4.74 Å². The van der Waals surface area contributed by atoms with Crippen molar-refractivity contribution < 1.29 is 13.5 Å². The van der Waals surface area contributed by atoms with Crippen LogP contribution in [0.1, 0.15) is 13.8 Å². The van der Waals surface area contributed by atoms with Gasteiger partial charge < -0.3 is 10.1 Å². The maximum absolute atomic E-state index is 11.8. The number of hydrogen-bond donors (Lipinski definition) is 1. The van der Waals surface area contributed by atoms with Gasteiger partial charge in [0.15, 0.2) is 0 Å². The molecule has 0 saturated carbocycles. The molecule has 1 aliphatic heterocycles. The number of halogens is 2. The van der Waals surface area contributed by atoms with Crippen molar-refractivity contribution >= 4 is 0 Å². The highest BCUT2D eigenvalue weighted by Crippen LogP contribution is 2.08. The maximum Gasteiger partial charge on any atom is 0.261 e. The molecule has 15 heavy (non-hydrogen) atoms. The van der Waals surface area contributed by atoms with Gasteiger partial charge in [-0.15, -0.1) is 0 Å². The van der Waals surface area contributed by atoms with Crippen molar-refractivity contribution in [3.05, 3.63) is 0 Å². The lowest BCUT2D eigenvalue weighted by Gasteiger charge is -2.38. The second-order valence-electron chi connectivity index (χ2n) is 3.99. The molecule has 1 N–H and O–H groups in total. The number of hydrogen-bond acceptors (Lipinski definition) is 3. The molecule has 1 saturated heterocycles. The van der Waals surface area contributed by atoms with E-state index in [0.717, 1.165) is 19.6 Å². The third-order valence-corrected chi connectivity index (χ3v) is 2.93. The first-order valence-corrected chi connectivity index (χ1v) is 5.44. The third kappa shape index (κ3) is 4.40. The number of ether oxygens (including phenoxy) is 1. The lowest BCUT2D eigenvalue weighted by Crippen LogP contribution is -2.55. The Kier molecular flexibility index (Phi) is 5.42. The summed E-state index contributed by atoms with van der Waals surface area (Å²) >= 11 is 0. The predicted octanol–water partition coefficient (Wildman–Crippen LogP) is 0.950. The minimum atomic E-state index is -2.36. The Morgan fingerprint density at radius 1 is 1.47 bits per heavy atom.